The van der Waals surface area contributed by atoms with Gasteiger partial charge in [0.25, 0.3) is 5.56 Å². The van der Waals surface area contributed by atoms with Crippen molar-refractivity contribution in [3.8, 4) is 0 Å². The molecule has 1 aromatic carbocycles. The lowest BCUT2D eigenvalue weighted by Gasteiger charge is -2.36. The van der Waals surface area contributed by atoms with Gasteiger partial charge in [0.15, 0.2) is 8.32 Å². The van der Waals surface area contributed by atoms with Crippen molar-refractivity contribution in [3.05, 3.63) is 39.4 Å². The highest BCUT2D eigenvalue weighted by molar-refractivity contribution is 7.91. The fourth-order valence-electron chi connectivity index (χ4n) is 2.96. The van der Waals surface area contributed by atoms with E-state index in [0.29, 0.717) is 28.9 Å². The number of hydrogen-bond acceptors (Lipinski definition) is 5. The summed E-state index contributed by atoms with van der Waals surface area (Å²) in [5, 5.41) is 0.570. The number of aryl methyl sites for hydroxylation is 2. The molecule has 0 unspecified atom stereocenters. The average molecular weight is 478 g/mol. The van der Waals surface area contributed by atoms with Crippen LogP contribution in [-0.2, 0) is 29.3 Å². The summed E-state index contributed by atoms with van der Waals surface area (Å²) in [6, 6.07) is 3.84. The molecule has 0 N–H and O–H groups in total. The van der Waals surface area contributed by atoms with E-state index in [1.54, 1.807) is 11.6 Å². The molecule has 0 saturated heterocycles. The van der Waals surface area contributed by atoms with E-state index in [1.165, 1.54) is 0 Å². The molecular weight excluding hydrogens is 438 g/mol. The minimum atomic E-state index is -2.08. The second kappa shape index (κ2) is 9.41. The van der Waals surface area contributed by atoms with Gasteiger partial charge >= 0.3 is 0 Å². The maximum Gasteiger partial charge on any atom is 0.261 e. The van der Waals surface area contributed by atoms with Crippen LogP contribution in [0.5, 0.6) is 0 Å². The molecular formula is C24H39N3O3SSi. The maximum absolute atomic E-state index is 13.1. The Morgan fingerprint density at radius 3 is 2.31 bits per heavy atom. The zero-order valence-electron chi connectivity index (χ0n) is 21.5. The van der Waals surface area contributed by atoms with Crippen molar-refractivity contribution in [1.29, 1.82) is 0 Å². The second-order valence-electron chi connectivity index (χ2n) is 10.9. The minimum absolute atomic E-state index is 0.0273. The quantitative estimate of drug-likeness (QED) is 0.330. The molecule has 0 bridgehead atoms. The highest BCUT2D eigenvalue weighted by Crippen LogP contribution is 2.36. The number of fused-ring (bicyclic) bond motifs is 1. The molecule has 0 amide bonds. The van der Waals surface area contributed by atoms with E-state index in [1.807, 2.05) is 46.8 Å². The van der Waals surface area contributed by atoms with E-state index in [4.69, 9.17) is 9.41 Å². The van der Waals surface area contributed by atoms with Crippen molar-refractivity contribution in [2.24, 2.45) is 11.4 Å². The molecule has 0 fully saturated rings. The van der Waals surface area contributed by atoms with Crippen LogP contribution in [0.15, 0.2) is 21.3 Å². The molecule has 6 nitrogen and oxygen atoms in total. The molecule has 2 aromatic rings. The highest BCUT2D eigenvalue weighted by Gasteiger charge is 2.38. The van der Waals surface area contributed by atoms with Gasteiger partial charge in [-0.2, -0.15) is 0 Å². The lowest BCUT2D eigenvalue weighted by molar-refractivity contribution is 0.340. The number of aromatic nitrogens is 2. The first-order chi connectivity index (χ1) is 14.5. The number of benzene rings is 1. The number of rotatable bonds is 6. The third-order valence-electron chi connectivity index (χ3n) is 6.14. The first-order valence-corrected chi connectivity index (χ1v) is 15.1. The summed E-state index contributed by atoms with van der Waals surface area (Å²) in [6.07, 6.45) is 0.635. The Morgan fingerprint density at radius 1 is 1.22 bits per heavy atom. The smallest absolute Gasteiger partial charge is 0.261 e. The molecule has 0 aliphatic heterocycles. The Hall–Kier alpha value is -1.48. The molecule has 0 aliphatic carbocycles. The Kier molecular flexibility index (Phi) is 7.87. The predicted molar refractivity (Wildman–Crippen MR) is 139 cm³/mol. The standard InChI is InChI=1S/C24H39N3O3SSi/c1-12-20-25-21-17(13-16(2)14-18(21)22(28)27(20)9)19(26-31(29)23(3,4)5)15-30-32(10,11)24(6,7)8/h13-14H,12,15H2,1-11H3/b26-19+/t31-/m1/s1. The molecule has 0 radical (unpaired) electrons. The normalized spacial score (nSPS) is 14.8. The van der Waals surface area contributed by atoms with Crippen LogP contribution < -0.4 is 5.56 Å². The van der Waals surface area contributed by atoms with Crippen molar-refractivity contribution in [2.45, 2.75) is 84.7 Å². The summed E-state index contributed by atoms with van der Waals surface area (Å²) in [7, 11) is -0.332. The van der Waals surface area contributed by atoms with Gasteiger partial charge in [-0.1, -0.05) is 32.1 Å². The van der Waals surface area contributed by atoms with Gasteiger partial charge in [0.1, 0.15) is 27.6 Å². The molecule has 1 aromatic heterocycles. The zero-order chi connectivity index (χ0) is 24.6. The molecule has 0 spiro atoms. The first-order valence-electron chi connectivity index (χ1n) is 11.1. The molecule has 32 heavy (non-hydrogen) atoms. The maximum atomic E-state index is 13.1. The van der Waals surface area contributed by atoms with E-state index in [-0.39, 0.29) is 17.2 Å². The summed E-state index contributed by atoms with van der Waals surface area (Å²) in [6.45, 7) is 20.8. The van der Waals surface area contributed by atoms with Crippen LogP contribution in [0.2, 0.25) is 18.1 Å². The van der Waals surface area contributed by atoms with Crippen LogP contribution in [0.4, 0.5) is 0 Å². The van der Waals surface area contributed by atoms with Crippen molar-refractivity contribution in [1.82, 2.24) is 9.55 Å². The van der Waals surface area contributed by atoms with Gasteiger partial charge in [-0.3, -0.25) is 9.36 Å². The number of hydrogen-bond donors (Lipinski definition) is 0. The van der Waals surface area contributed by atoms with E-state index in [9.17, 15) is 9.35 Å². The fraction of sp³-hybridized carbons (Fsp3) is 0.625. The van der Waals surface area contributed by atoms with E-state index >= 15 is 0 Å². The highest BCUT2D eigenvalue weighted by atomic mass is 32.2. The summed E-state index contributed by atoms with van der Waals surface area (Å²) < 4.78 is 25.2. The van der Waals surface area contributed by atoms with Crippen molar-refractivity contribution in [2.75, 3.05) is 6.61 Å². The van der Waals surface area contributed by atoms with Gasteiger partial charge in [-0.05, 0) is 63.5 Å². The second-order valence-corrected chi connectivity index (χ2v) is 17.6. The predicted octanol–water partition coefficient (Wildman–Crippen LogP) is 5.08. The van der Waals surface area contributed by atoms with Crippen LogP contribution in [0.25, 0.3) is 10.9 Å². The largest absolute Gasteiger partial charge is 0.591 e. The van der Waals surface area contributed by atoms with Crippen molar-refractivity contribution < 1.29 is 8.98 Å². The van der Waals surface area contributed by atoms with Gasteiger partial charge in [0.2, 0.25) is 0 Å². The van der Waals surface area contributed by atoms with Crippen molar-refractivity contribution >= 4 is 36.3 Å². The Morgan fingerprint density at radius 2 is 1.81 bits per heavy atom. The summed E-state index contributed by atoms with van der Waals surface area (Å²) in [5.41, 5.74) is 2.75. The van der Waals surface area contributed by atoms with Crippen LogP contribution in [-0.4, -0.2) is 39.5 Å². The van der Waals surface area contributed by atoms with Crippen LogP contribution in [0.3, 0.4) is 0 Å². The first kappa shape index (κ1) is 26.8. The summed E-state index contributed by atoms with van der Waals surface area (Å²) in [5.74, 6) is 0.703. The Labute approximate surface area is 197 Å². The lowest BCUT2D eigenvalue weighted by Crippen LogP contribution is -2.42. The SMILES string of the molecule is CCc1nc2c(/C(CO[Si](C)(C)C(C)(C)C)=N/[S@+]([O-])C(C)(C)C)cc(C)cc2c(=O)n1C. The summed E-state index contributed by atoms with van der Waals surface area (Å²) in [4.78, 5) is 17.9. The van der Waals surface area contributed by atoms with Gasteiger partial charge in [-0.25, -0.2) is 4.98 Å². The molecule has 1 heterocycles. The van der Waals surface area contributed by atoms with Crippen LogP contribution in [0, 0.1) is 6.92 Å². The van der Waals surface area contributed by atoms with Gasteiger partial charge in [0, 0.05) is 19.0 Å². The van der Waals surface area contributed by atoms with Gasteiger partial charge < -0.3 is 8.98 Å². The number of nitrogens with zero attached hydrogens (tertiary/aromatic N) is 3. The fourth-order valence-corrected chi connectivity index (χ4v) is 4.51. The Bertz CT molecular complexity index is 1080. The lowest BCUT2D eigenvalue weighted by atomic mass is 10.0. The molecule has 0 saturated carbocycles. The molecule has 0 aliphatic rings. The van der Waals surface area contributed by atoms with Crippen LogP contribution in [0.1, 0.15) is 65.4 Å². The van der Waals surface area contributed by atoms with E-state index in [2.05, 4.69) is 38.3 Å². The van der Waals surface area contributed by atoms with E-state index in [0.717, 1.165) is 11.1 Å². The topological polar surface area (TPSA) is 79.5 Å². The van der Waals surface area contributed by atoms with E-state index < -0.39 is 24.4 Å². The zero-order valence-corrected chi connectivity index (χ0v) is 23.4. The van der Waals surface area contributed by atoms with Gasteiger partial charge in [-0.15, -0.1) is 0 Å². The van der Waals surface area contributed by atoms with Crippen molar-refractivity contribution in [3.63, 3.8) is 0 Å². The third kappa shape index (κ3) is 5.71. The molecule has 1 atom stereocenters. The third-order valence-corrected chi connectivity index (χ3v) is 12.0. The minimum Gasteiger partial charge on any atom is -0.591 e. The Balaban J connectivity index is 2.77. The molecule has 8 heteroatoms. The van der Waals surface area contributed by atoms with Crippen LogP contribution >= 0.6 is 0 Å². The average Bonchev–Trinajstić information content (AvgIpc) is 2.65. The monoisotopic (exact) mass is 477 g/mol. The molecule has 2 rings (SSSR count). The summed E-state index contributed by atoms with van der Waals surface area (Å²) >= 11 is -1.47. The van der Waals surface area contributed by atoms with Gasteiger partial charge in [0.05, 0.1) is 17.5 Å². The molecule has 178 valence electrons.